The first-order valence-corrected chi connectivity index (χ1v) is 6.76. The molecule has 2 atom stereocenters. The Morgan fingerprint density at radius 3 is 2.89 bits per heavy atom. The lowest BCUT2D eigenvalue weighted by Crippen LogP contribution is -2.29. The van der Waals surface area contributed by atoms with Gasteiger partial charge in [-0.15, -0.1) is 12.4 Å². The second-order valence-electron chi connectivity index (χ2n) is 4.98. The maximum Gasteiger partial charge on any atom is 0.227 e. The number of hydrogen-bond acceptors (Lipinski definition) is 2. The number of amides is 1. The summed E-state index contributed by atoms with van der Waals surface area (Å²) in [4.78, 5) is 12.2. The molecule has 19 heavy (non-hydrogen) atoms. The summed E-state index contributed by atoms with van der Waals surface area (Å²) >= 11 is 5.94. The zero-order valence-corrected chi connectivity index (χ0v) is 12.6. The minimum Gasteiger partial charge on any atom is -0.330 e. The van der Waals surface area contributed by atoms with Crippen LogP contribution >= 0.6 is 24.0 Å². The quantitative estimate of drug-likeness (QED) is 0.899. The molecule has 0 bridgehead atoms. The van der Waals surface area contributed by atoms with Gasteiger partial charge in [0.05, 0.1) is 0 Å². The molecule has 1 amide bonds. The van der Waals surface area contributed by atoms with E-state index in [9.17, 15) is 4.79 Å². The highest BCUT2D eigenvalue weighted by atomic mass is 35.5. The Labute approximate surface area is 125 Å². The van der Waals surface area contributed by atoms with Gasteiger partial charge in [-0.05, 0) is 49.9 Å². The molecule has 106 valence electrons. The van der Waals surface area contributed by atoms with Crippen LogP contribution in [-0.4, -0.2) is 12.5 Å². The highest BCUT2D eigenvalue weighted by molar-refractivity contribution is 6.31. The maximum absolute atomic E-state index is 12.2. The van der Waals surface area contributed by atoms with E-state index in [4.69, 9.17) is 17.3 Å². The van der Waals surface area contributed by atoms with E-state index in [-0.39, 0.29) is 24.2 Å². The highest BCUT2D eigenvalue weighted by Gasteiger charge is 2.31. The molecule has 0 aliphatic heterocycles. The highest BCUT2D eigenvalue weighted by Crippen LogP contribution is 2.32. The predicted octanol–water partition coefficient (Wildman–Crippen LogP) is 3.38. The van der Waals surface area contributed by atoms with Gasteiger partial charge in [0.15, 0.2) is 0 Å². The number of benzene rings is 1. The van der Waals surface area contributed by atoms with Gasteiger partial charge in [0, 0.05) is 16.6 Å². The van der Waals surface area contributed by atoms with Crippen LogP contribution < -0.4 is 11.1 Å². The van der Waals surface area contributed by atoms with Crippen LogP contribution in [-0.2, 0) is 4.79 Å². The van der Waals surface area contributed by atoms with Crippen LogP contribution in [0.4, 0.5) is 5.69 Å². The van der Waals surface area contributed by atoms with Crippen LogP contribution in [0.3, 0.4) is 0 Å². The van der Waals surface area contributed by atoms with Gasteiger partial charge in [0.25, 0.3) is 0 Å². The molecule has 1 aliphatic rings. The molecule has 0 spiro atoms. The minimum absolute atomic E-state index is 0. The number of hydrogen-bond donors (Lipinski definition) is 2. The molecule has 2 rings (SSSR count). The van der Waals surface area contributed by atoms with Gasteiger partial charge in [-0.25, -0.2) is 0 Å². The third-order valence-electron chi connectivity index (χ3n) is 3.76. The van der Waals surface area contributed by atoms with Gasteiger partial charge in [0.1, 0.15) is 0 Å². The Morgan fingerprint density at radius 1 is 1.47 bits per heavy atom. The van der Waals surface area contributed by atoms with Crippen molar-refractivity contribution >= 4 is 35.6 Å². The van der Waals surface area contributed by atoms with E-state index < -0.39 is 0 Å². The average Bonchev–Trinajstić information content (AvgIpc) is 2.82. The standard InChI is InChI=1S/C14H19ClN2O.ClH/c1-9-5-6-11(15)7-13(9)17-14(18)12-4-2-3-10(12)8-16;/h5-7,10,12H,2-4,8,16H2,1H3,(H,17,18);1H/t10-,12-;/m1./s1. The minimum atomic E-state index is 0. The SMILES string of the molecule is Cc1ccc(Cl)cc1NC(=O)[C@@H]1CCC[C@@H]1CN.Cl. The summed E-state index contributed by atoms with van der Waals surface area (Å²) in [5.74, 6) is 0.450. The van der Waals surface area contributed by atoms with Gasteiger partial charge in [-0.2, -0.15) is 0 Å². The fraction of sp³-hybridized carbons (Fsp3) is 0.500. The van der Waals surface area contributed by atoms with Gasteiger partial charge in [-0.1, -0.05) is 24.1 Å². The van der Waals surface area contributed by atoms with Crippen LogP contribution in [0.5, 0.6) is 0 Å². The molecule has 1 aromatic carbocycles. The third kappa shape index (κ3) is 3.85. The van der Waals surface area contributed by atoms with Gasteiger partial charge in [0.2, 0.25) is 5.91 Å². The van der Waals surface area contributed by atoms with Crippen LogP contribution in [0.15, 0.2) is 18.2 Å². The Morgan fingerprint density at radius 2 is 2.21 bits per heavy atom. The lowest BCUT2D eigenvalue weighted by molar-refractivity contribution is -0.120. The number of nitrogens with one attached hydrogen (secondary N) is 1. The molecule has 3 nitrogen and oxygen atoms in total. The molecule has 0 radical (unpaired) electrons. The monoisotopic (exact) mass is 302 g/mol. The Balaban J connectivity index is 0.00000180. The summed E-state index contributed by atoms with van der Waals surface area (Å²) < 4.78 is 0. The molecule has 1 fully saturated rings. The van der Waals surface area contributed by atoms with Crippen molar-refractivity contribution in [2.24, 2.45) is 17.6 Å². The molecular formula is C14H20Cl2N2O. The largest absolute Gasteiger partial charge is 0.330 e. The van der Waals surface area contributed by atoms with Crippen molar-refractivity contribution in [2.75, 3.05) is 11.9 Å². The van der Waals surface area contributed by atoms with Gasteiger partial charge >= 0.3 is 0 Å². The maximum atomic E-state index is 12.2. The van der Waals surface area contributed by atoms with Crippen molar-refractivity contribution in [3.8, 4) is 0 Å². The Bertz CT molecular complexity index is 451. The van der Waals surface area contributed by atoms with Crippen molar-refractivity contribution in [2.45, 2.75) is 26.2 Å². The van der Waals surface area contributed by atoms with E-state index in [2.05, 4.69) is 5.32 Å². The zero-order valence-electron chi connectivity index (χ0n) is 11.0. The lowest BCUT2D eigenvalue weighted by Gasteiger charge is -2.18. The van der Waals surface area contributed by atoms with E-state index in [1.165, 1.54) is 0 Å². The molecule has 0 aromatic heterocycles. The molecule has 1 saturated carbocycles. The first kappa shape index (κ1) is 16.3. The summed E-state index contributed by atoms with van der Waals surface area (Å²) in [5, 5.41) is 3.62. The summed E-state index contributed by atoms with van der Waals surface area (Å²) in [7, 11) is 0. The Kier molecular flexibility index (Phi) is 6.11. The van der Waals surface area contributed by atoms with Gasteiger partial charge < -0.3 is 11.1 Å². The van der Waals surface area contributed by atoms with E-state index in [1.54, 1.807) is 6.07 Å². The van der Waals surface area contributed by atoms with Crippen molar-refractivity contribution in [3.05, 3.63) is 28.8 Å². The second kappa shape index (κ2) is 7.13. The van der Waals surface area contributed by atoms with Crippen molar-refractivity contribution in [1.29, 1.82) is 0 Å². The average molecular weight is 303 g/mol. The van der Waals surface area contributed by atoms with Crippen molar-refractivity contribution in [1.82, 2.24) is 0 Å². The smallest absolute Gasteiger partial charge is 0.227 e. The van der Waals surface area contributed by atoms with E-state index in [0.29, 0.717) is 17.5 Å². The van der Waals surface area contributed by atoms with E-state index in [0.717, 1.165) is 30.5 Å². The molecule has 0 saturated heterocycles. The number of anilines is 1. The zero-order chi connectivity index (χ0) is 13.1. The summed E-state index contributed by atoms with van der Waals surface area (Å²) in [5.41, 5.74) is 7.53. The normalized spacial score (nSPS) is 21.8. The number of rotatable bonds is 3. The van der Waals surface area contributed by atoms with Crippen LogP contribution in [0.25, 0.3) is 0 Å². The predicted molar refractivity (Wildman–Crippen MR) is 82.0 cm³/mol. The first-order valence-electron chi connectivity index (χ1n) is 6.39. The molecule has 1 aliphatic carbocycles. The molecule has 5 heteroatoms. The number of halogens is 2. The third-order valence-corrected chi connectivity index (χ3v) is 3.99. The molecule has 1 aromatic rings. The summed E-state index contributed by atoms with van der Waals surface area (Å²) in [6.45, 7) is 2.55. The first-order chi connectivity index (χ1) is 8.61. The fourth-order valence-electron chi connectivity index (χ4n) is 2.62. The van der Waals surface area contributed by atoms with Gasteiger partial charge in [-0.3, -0.25) is 4.79 Å². The van der Waals surface area contributed by atoms with Crippen molar-refractivity contribution < 1.29 is 4.79 Å². The topological polar surface area (TPSA) is 55.1 Å². The number of aryl methyl sites for hydroxylation is 1. The lowest BCUT2D eigenvalue weighted by atomic mass is 9.95. The number of carbonyl (C=O) groups excluding carboxylic acids is 1. The van der Waals surface area contributed by atoms with Crippen molar-refractivity contribution in [3.63, 3.8) is 0 Å². The molecule has 0 heterocycles. The Hall–Kier alpha value is -0.770. The molecule has 3 N–H and O–H groups in total. The van der Waals surface area contributed by atoms with E-state index >= 15 is 0 Å². The fourth-order valence-corrected chi connectivity index (χ4v) is 2.79. The molecule has 0 unspecified atom stereocenters. The van der Waals surface area contributed by atoms with E-state index in [1.807, 2.05) is 19.1 Å². The number of carbonyl (C=O) groups is 1. The van der Waals surface area contributed by atoms with Crippen LogP contribution in [0, 0.1) is 18.8 Å². The number of nitrogens with two attached hydrogens (primary N) is 1. The molecular weight excluding hydrogens is 283 g/mol. The summed E-state index contributed by atoms with van der Waals surface area (Å²) in [6, 6.07) is 5.53. The van der Waals surface area contributed by atoms with Crippen LogP contribution in [0.1, 0.15) is 24.8 Å². The second-order valence-corrected chi connectivity index (χ2v) is 5.42. The summed E-state index contributed by atoms with van der Waals surface area (Å²) in [6.07, 6.45) is 3.09. The van der Waals surface area contributed by atoms with Crippen LogP contribution in [0.2, 0.25) is 5.02 Å².